The Morgan fingerprint density at radius 3 is 2.70 bits per heavy atom. The minimum atomic E-state index is -0.840. The second-order valence-electron chi connectivity index (χ2n) is 7.29. The molecule has 4 aromatic rings. The molecule has 8 nitrogen and oxygen atoms in total. The summed E-state index contributed by atoms with van der Waals surface area (Å²) in [5.41, 5.74) is 1.79. The Kier molecular flexibility index (Phi) is 6.16. The summed E-state index contributed by atoms with van der Waals surface area (Å²) in [6.45, 7) is 3.56. The molecule has 0 aliphatic rings. The Hall–Kier alpha value is -4.09. The summed E-state index contributed by atoms with van der Waals surface area (Å²) in [5.74, 6) is 1.30. The number of para-hydroxylation sites is 1. The maximum absolute atomic E-state index is 12.9. The Labute approximate surface area is 195 Å². The van der Waals surface area contributed by atoms with Gasteiger partial charge in [-0.2, -0.15) is 15.0 Å². The van der Waals surface area contributed by atoms with Crippen LogP contribution >= 0.6 is 11.6 Å². The first-order valence-corrected chi connectivity index (χ1v) is 10.4. The SMILES string of the molecule is COc1cccc2c(C)cc(-n3ncc(C#N)c3NC(=O)C(C)Oc3ccc(Cl)cc3)nc12. The molecule has 2 aromatic heterocycles. The number of rotatable bonds is 6. The summed E-state index contributed by atoms with van der Waals surface area (Å²) in [4.78, 5) is 17.5. The molecule has 1 unspecified atom stereocenters. The molecule has 1 N–H and O–H groups in total. The van der Waals surface area contributed by atoms with Crippen molar-refractivity contribution in [3.05, 3.63) is 70.9 Å². The van der Waals surface area contributed by atoms with E-state index in [4.69, 9.17) is 21.1 Å². The van der Waals surface area contributed by atoms with Crippen LogP contribution in [0.5, 0.6) is 11.5 Å². The third kappa shape index (κ3) is 4.45. The average molecular weight is 462 g/mol. The van der Waals surface area contributed by atoms with E-state index in [0.29, 0.717) is 27.9 Å². The summed E-state index contributed by atoms with van der Waals surface area (Å²) in [7, 11) is 1.58. The summed E-state index contributed by atoms with van der Waals surface area (Å²) < 4.78 is 12.6. The van der Waals surface area contributed by atoms with Crippen molar-refractivity contribution in [3.63, 3.8) is 0 Å². The van der Waals surface area contributed by atoms with E-state index in [1.165, 1.54) is 10.9 Å². The fourth-order valence-electron chi connectivity index (χ4n) is 3.36. The Morgan fingerprint density at radius 1 is 1.24 bits per heavy atom. The van der Waals surface area contributed by atoms with Crippen molar-refractivity contribution < 1.29 is 14.3 Å². The average Bonchev–Trinajstić information content (AvgIpc) is 3.22. The minimum absolute atomic E-state index is 0.196. The van der Waals surface area contributed by atoms with E-state index in [-0.39, 0.29) is 11.4 Å². The quantitative estimate of drug-likeness (QED) is 0.447. The highest BCUT2D eigenvalue weighted by Gasteiger charge is 2.21. The third-order valence-electron chi connectivity index (χ3n) is 5.06. The van der Waals surface area contributed by atoms with E-state index in [0.717, 1.165) is 10.9 Å². The summed E-state index contributed by atoms with van der Waals surface area (Å²) in [6, 6.07) is 16.2. The lowest BCUT2D eigenvalue weighted by atomic mass is 10.1. The minimum Gasteiger partial charge on any atom is -0.494 e. The monoisotopic (exact) mass is 461 g/mol. The molecule has 0 fully saturated rings. The number of hydrogen-bond donors (Lipinski definition) is 1. The van der Waals surface area contributed by atoms with Crippen LogP contribution in [0.1, 0.15) is 18.1 Å². The van der Waals surface area contributed by atoms with Gasteiger partial charge in [0.25, 0.3) is 5.91 Å². The van der Waals surface area contributed by atoms with E-state index < -0.39 is 12.0 Å². The van der Waals surface area contributed by atoms with Gasteiger partial charge in [-0.3, -0.25) is 4.79 Å². The number of fused-ring (bicyclic) bond motifs is 1. The molecule has 1 amide bonds. The van der Waals surface area contributed by atoms with Gasteiger partial charge < -0.3 is 14.8 Å². The van der Waals surface area contributed by atoms with Crippen LogP contribution in [0.25, 0.3) is 16.7 Å². The van der Waals surface area contributed by atoms with Crippen molar-refractivity contribution in [1.82, 2.24) is 14.8 Å². The molecular weight excluding hydrogens is 442 g/mol. The molecular formula is C24H20ClN5O3. The van der Waals surface area contributed by atoms with E-state index in [9.17, 15) is 10.1 Å². The lowest BCUT2D eigenvalue weighted by molar-refractivity contribution is -0.122. The van der Waals surface area contributed by atoms with Gasteiger partial charge in [0.1, 0.15) is 28.6 Å². The lowest BCUT2D eigenvalue weighted by Gasteiger charge is -2.16. The highest BCUT2D eigenvalue weighted by molar-refractivity contribution is 6.30. The van der Waals surface area contributed by atoms with Crippen LogP contribution < -0.4 is 14.8 Å². The fraction of sp³-hybridized carbons (Fsp3) is 0.167. The Morgan fingerprint density at radius 2 is 2.00 bits per heavy atom. The van der Waals surface area contributed by atoms with Gasteiger partial charge in [0.2, 0.25) is 0 Å². The van der Waals surface area contributed by atoms with E-state index in [2.05, 4.69) is 21.5 Å². The number of carbonyl (C=O) groups excluding carboxylic acids is 1. The number of hydrogen-bond acceptors (Lipinski definition) is 6. The van der Waals surface area contributed by atoms with Crippen LogP contribution in [-0.2, 0) is 4.79 Å². The van der Waals surface area contributed by atoms with Crippen LogP contribution in [0.3, 0.4) is 0 Å². The van der Waals surface area contributed by atoms with Gasteiger partial charge in [0.15, 0.2) is 17.7 Å². The summed E-state index contributed by atoms with van der Waals surface area (Å²) in [6.07, 6.45) is 0.538. The second kappa shape index (κ2) is 9.18. The first kappa shape index (κ1) is 22.1. The number of ether oxygens (including phenoxy) is 2. The molecule has 2 aromatic carbocycles. The molecule has 0 radical (unpaired) electrons. The van der Waals surface area contributed by atoms with Crippen molar-refractivity contribution in [1.29, 1.82) is 5.26 Å². The van der Waals surface area contributed by atoms with Gasteiger partial charge in [-0.25, -0.2) is 4.98 Å². The topological polar surface area (TPSA) is 102 Å². The molecule has 0 spiro atoms. The predicted molar refractivity (Wildman–Crippen MR) is 125 cm³/mol. The third-order valence-corrected chi connectivity index (χ3v) is 5.31. The molecule has 0 saturated carbocycles. The number of amides is 1. The van der Waals surface area contributed by atoms with Gasteiger partial charge in [-0.05, 0) is 55.8 Å². The Balaban J connectivity index is 1.67. The lowest BCUT2D eigenvalue weighted by Crippen LogP contribution is -2.31. The van der Waals surface area contributed by atoms with Crippen molar-refractivity contribution in [2.45, 2.75) is 20.0 Å². The van der Waals surface area contributed by atoms with Crippen LogP contribution in [0.4, 0.5) is 5.82 Å². The number of anilines is 1. The number of pyridine rings is 1. The number of nitrogens with zero attached hydrogens (tertiary/aromatic N) is 4. The van der Waals surface area contributed by atoms with E-state index >= 15 is 0 Å². The second-order valence-corrected chi connectivity index (χ2v) is 7.72. The molecule has 0 saturated heterocycles. The smallest absolute Gasteiger partial charge is 0.266 e. The highest BCUT2D eigenvalue weighted by atomic mass is 35.5. The van der Waals surface area contributed by atoms with Crippen molar-refractivity contribution >= 4 is 34.2 Å². The number of carbonyl (C=O) groups is 1. The number of methoxy groups -OCH3 is 1. The maximum atomic E-state index is 12.9. The maximum Gasteiger partial charge on any atom is 0.266 e. The molecule has 1 atom stereocenters. The molecule has 166 valence electrons. The van der Waals surface area contributed by atoms with E-state index in [1.54, 1.807) is 38.3 Å². The van der Waals surface area contributed by atoms with Crippen LogP contribution in [-0.4, -0.2) is 33.9 Å². The molecule has 0 aliphatic heterocycles. The predicted octanol–water partition coefficient (Wildman–Crippen LogP) is 4.67. The van der Waals surface area contributed by atoms with Gasteiger partial charge >= 0.3 is 0 Å². The number of nitriles is 1. The standard InChI is InChI=1S/C24H20ClN5O3/c1-14-11-21(28-22-19(14)5-4-6-20(22)32-3)30-23(16(12-26)13-27-30)29-24(31)15(2)33-18-9-7-17(25)8-10-18/h4-11,13,15H,1-3H3,(H,29,31). The molecule has 0 aliphatic carbocycles. The molecule has 33 heavy (non-hydrogen) atoms. The first-order valence-electron chi connectivity index (χ1n) is 10.1. The summed E-state index contributed by atoms with van der Waals surface area (Å²) in [5, 5.41) is 18.1. The zero-order chi connectivity index (χ0) is 23.5. The molecule has 4 rings (SSSR count). The largest absolute Gasteiger partial charge is 0.494 e. The van der Waals surface area contributed by atoms with Gasteiger partial charge in [0.05, 0.1) is 13.3 Å². The zero-order valence-corrected chi connectivity index (χ0v) is 18.9. The van der Waals surface area contributed by atoms with Gasteiger partial charge in [0, 0.05) is 10.4 Å². The number of aromatic nitrogens is 3. The Bertz CT molecular complexity index is 1380. The number of nitrogens with one attached hydrogen (secondary N) is 1. The number of aryl methyl sites for hydroxylation is 1. The molecule has 0 bridgehead atoms. The van der Waals surface area contributed by atoms with Gasteiger partial charge in [-0.1, -0.05) is 23.7 Å². The van der Waals surface area contributed by atoms with E-state index in [1.807, 2.05) is 31.2 Å². The van der Waals surface area contributed by atoms with Crippen molar-refractivity contribution in [2.24, 2.45) is 0 Å². The van der Waals surface area contributed by atoms with Crippen LogP contribution in [0.2, 0.25) is 5.02 Å². The highest BCUT2D eigenvalue weighted by Crippen LogP contribution is 2.29. The van der Waals surface area contributed by atoms with Gasteiger partial charge in [-0.15, -0.1) is 0 Å². The fourth-order valence-corrected chi connectivity index (χ4v) is 3.49. The molecule has 9 heteroatoms. The zero-order valence-electron chi connectivity index (χ0n) is 18.2. The van der Waals surface area contributed by atoms with Crippen LogP contribution in [0.15, 0.2) is 54.7 Å². The number of benzene rings is 2. The summed E-state index contributed by atoms with van der Waals surface area (Å²) >= 11 is 5.89. The van der Waals surface area contributed by atoms with Crippen molar-refractivity contribution in [3.8, 4) is 23.4 Å². The number of halogens is 1. The van der Waals surface area contributed by atoms with Crippen LogP contribution in [0, 0.1) is 18.3 Å². The van der Waals surface area contributed by atoms with Crippen molar-refractivity contribution in [2.75, 3.05) is 12.4 Å². The normalized spacial score (nSPS) is 11.6. The first-order chi connectivity index (χ1) is 15.9. The molecule has 2 heterocycles.